The van der Waals surface area contributed by atoms with Crippen molar-refractivity contribution in [1.82, 2.24) is 10.3 Å². The monoisotopic (exact) mass is 230 g/mol. The van der Waals surface area contributed by atoms with Crippen molar-refractivity contribution >= 4 is 29.3 Å². The molecule has 0 atom stereocenters. The van der Waals surface area contributed by atoms with Gasteiger partial charge < -0.3 is 5.32 Å². The minimum atomic E-state index is -0.169. The van der Waals surface area contributed by atoms with Crippen LogP contribution in [0.15, 0.2) is 18.5 Å². The summed E-state index contributed by atoms with van der Waals surface area (Å²) in [5, 5.41) is 3.19. The van der Waals surface area contributed by atoms with E-state index in [0.29, 0.717) is 17.1 Å². The summed E-state index contributed by atoms with van der Waals surface area (Å²) in [7, 11) is 0. The number of hydrogen-bond acceptors (Lipinski definition) is 3. The number of nitrogens with one attached hydrogen (secondary N) is 1. The highest BCUT2D eigenvalue weighted by Crippen LogP contribution is 2.12. The summed E-state index contributed by atoms with van der Waals surface area (Å²) in [5.74, 6) is 0.723. The van der Waals surface area contributed by atoms with Crippen LogP contribution in [0.3, 0.4) is 0 Å². The van der Waals surface area contributed by atoms with Crippen molar-refractivity contribution in [2.45, 2.75) is 0 Å². The SMILES string of the molecule is CSCCNC(=O)c1cnccc1Cl. The van der Waals surface area contributed by atoms with Gasteiger partial charge >= 0.3 is 0 Å². The van der Waals surface area contributed by atoms with Crippen molar-refractivity contribution < 1.29 is 4.79 Å². The molecule has 14 heavy (non-hydrogen) atoms. The van der Waals surface area contributed by atoms with Gasteiger partial charge in [0.05, 0.1) is 10.6 Å². The Morgan fingerprint density at radius 3 is 3.14 bits per heavy atom. The quantitative estimate of drug-likeness (QED) is 0.803. The molecule has 0 fully saturated rings. The Hall–Kier alpha value is -0.740. The molecule has 0 aliphatic heterocycles. The lowest BCUT2D eigenvalue weighted by Gasteiger charge is -2.04. The van der Waals surface area contributed by atoms with E-state index in [1.165, 1.54) is 6.20 Å². The van der Waals surface area contributed by atoms with Crippen molar-refractivity contribution in [3.63, 3.8) is 0 Å². The van der Waals surface area contributed by atoms with Crippen LogP contribution in [0.1, 0.15) is 10.4 Å². The van der Waals surface area contributed by atoms with Crippen LogP contribution in [-0.2, 0) is 0 Å². The smallest absolute Gasteiger partial charge is 0.254 e. The lowest BCUT2D eigenvalue weighted by Crippen LogP contribution is -2.26. The molecular weight excluding hydrogens is 220 g/mol. The molecule has 1 amide bonds. The number of aromatic nitrogens is 1. The number of rotatable bonds is 4. The summed E-state index contributed by atoms with van der Waals surface area (Å²) in [6, 6.07) is 1.60. The first-order chi connectivity index (χ1) is 6.75. The van der Waals surface area contributed by atoms with Crippen LogP contribution in [0, 0.1) is 0 Å². The number of pyridine rings is 1. The van der Waals surface area contributed by atoms with Gasteiger partial charge in [-0.3, -0.25) is 9.78 Å². The molecule has 0 saturated heterocycles. The number of hydrogen-bond donors (Lipinski definition) is 1. The molecular formula is C9H11ClN2OS. The maximum Gasteiger partial charge on any atom is 0.254 e. The zero-order valence-corrected chi connectivity index (χ0v) is 9.36. The average molecular weight is 231 g/mol. The molecule has 76 valence electrons. The van der Waals surface area contributed by atoms with Gasteiger partial charge in [0, 0.05) is 24.7 Å². The van der Waals surface area contributed by atoms with Crippen molar-refractivity contribution in [2.24, 2.45) is 0 Å². The second kappa shape index (κ2) is 5.88. The predicted molar refractivity (Wildman–Crippen MR) is 60.0 cm³/mol. The Morgan fingerprint density at radius 1 is 1.71 bits per heavy atom. The molecule has 1 rings (SSSR count). The van der Waals surface area contributed by atoms with Crippen LogP contribution in [0.25, 0.3) is 0 Å². The van der Waals surface area contributed by atoms with Crippen molar-refractivity contribution in [3.05, 3.63) is 29.0 Å². The molecule has 1 heterocycles. The molecule has 0 bridgehead atoms. The summed E-state index contributed by atoms with van der Waals surface area (Å²) in [6.07, 6.45) is 5.01. The molecule has 5 heteroatoms. The van der Waals surface area contributed by atoms with Crippen LogP contribution in [0.4, 0.5) is 0 Å². The highest BCUT2D eigenvalue weighted by atomic mass is 35.5. The number of carbonyl (C=O) groups is 1. The summed E-state index contributed by atoms with van der Waals surface area (Å²) < 4.78 is 0. The number of nitrogens with zero attached hydrogens (tertiary/aromatic N) is 1. The molecule has 0 saturated carbocycles. The lowest BCUT2D eigenvalue weighted by molar-refractivity contribution is 0.0956. The maximum absolute atomic E-state index is 11.5. The molecule has 0 unspecified atom stereocenters. The zero-order valence-electron chi connectivity index (χ0n) is 7.79. The van der Waals surface area contributed by atoms with Gasteiger partial charge in [0.1, 0.15) is 0 Å². The molecule has 0 aliphatic rings. The van der Waals surface area contributed by atoms with E-state index in [9.17, 15) is 4.79 Å². The minimum Gasteiger partial charge on any atom is -0.351 e. The van der Waals surface area contributed by atoms with Gasteiger partial charge in [0.15, 0.2) is 0 Å². The fourth-order valence-corrected chi connectivity index (χ4v) is 1.40. The summed E-state index contributed by atoms with van der Waals surface area (Å²) in [6.45, 7) is 0.644. The molecule has 0 aromatic carbocycles. The first kappa shape index (κ1) is 11.3. The molecule has 3 nitrogen and oxygen atoms in total. The van der Waals surface area contributed by atoms with Crippen LogP contribution >= 0.6 is 23.4 Å². The van der Waals surface area contributed by atoms with Gasteiger partial charge in [-0.25, -0.2) is 0 Å². The standard InChI is InChI=1S/C9H11ClN2OS/c1-14-5-4-12-9(13)7-6-11-3-2-8(7)10/h2-3,6H,4-5H2,1H3,(H,12,13). The second-order valence-electron chi connectivity index (χ2n) is 2.60. The fraction of sp³-hybridized carbons (Fsp3) is 0.333. The van der Waals surface area contributed by atoms with Crippen molar-refractivity contribution in [3.8, 4) is 0 Å². The average Bonchev–Trinajstić information content (AvgIpc) is 2.18. The third kappa shape index (κ3) is 3.20. The van der Waals surface area contributed by atoms with E-state index in [-0.39, 0.29) is 5.91 Å². The van der Waals surface area contributed by atoms with Gasteiger partial charge in [-0.15, -0.1) is 0 Å². The van der Waals surface area contributed by atoms with Gasteiger partial charge in [0.25, 0.3) is 5.91 Å². The second-order valence-corrected chi connectivity index (χ2v) is 4.00. The number of amides is 1. The van der Waals surface area contributed by atoms with Crippen LogP contribution < -0.4 is 5.32 Å². The Morgan fingerprint density at radius 2 is 2.50 bits per heavy atom. The van der Waals surface area contributed by atoms with E-state index < -0.39 is 0 Å². The lowest BCUT2D eigenvalue weighted by atomic mass is 10.2. The Bertz CT molecular complexity index is 319. The molecule has 0 aliphatic carbocycles. The summed E-state index contributed by atoms with van der Waals surface area (Å²) in [4.78, 5) is 15.3. The normalized spacial score (nSPS) is 9.86. The Labute approximate surface area is 92.2 Å². The van der Waals surface area contributed by atoms with Crippen molar-refractivity contribution in [1.29, 1.82) is 0 Å². The topological polar surface area (TPSA) is 42.0 Å². The largest absolute Gasteiger partial charge is 0.351 e. The molecule has 0 radical (unpaired) electrons. The predicted octanol–water partition coefficient (Wildman–Crippen LogP) is 1.83. The molecule has 1 aromatic rings. The third-order valence-electron chi connectivity index (χ3n) is 1.60. The van der Waals surface area contributed by atoms with E-state index in [0.717, 1.165) is 5.75 Å². The van der Waals surface area contributed by atoms with Crippen molar-refractivity contribution in [2.75, 3.05) is 18.6 Å². The zero-order chi connectivity index (χ0) is 10.4. The van der Waals surface area contributed by atoms with E-state index in [1.54, 1.807) is 24.0 Å². The number of halogens is 1. The van der Waals surface area contributed by atoms with Gasteiger partial charge in [-0.2, -0.15) is 11.8 Å². The first-order valence-corrected chi connectivity index (χ1v) is 5.89. The van der Waals surface area contributed by atoms with Crippen LogP contribution in [0.5, 0.6) is 0 Å². The van der Waals surface area contributed by atoms with Gasteiger partial charge in [-0.05, 0) is 12.3 Å². The number of thioether (sulfide) groups is 1. The summed E-state index contributed by atoms with van der Waals surface area (Å²) >= 11 is 7.51. The van der Waals surface area contributed by atoms with Crippen LogP contribution in [0.2, 0.25) is 5.02 Å². The maximum atomic E-state index is 11.5. The molecule has 1 N–H and O–H groups in total. The fourth-order valence-electron chi connectivity index (χ4n) is 0.906. The third-order valence-corrected chi connectivity index (χ3v) is 2.55. The molecule has 0 spiro atoms. The van der Waals surface area contributed by atoms with Gasteiger partial charge in [-0.1, -0.05) is 11.6 Å². The Kier molecular flexibility index (Phi) is 4.76. The summed E-state index contributed by atoms with van der Waals surface area (Å²) in [5.41, 5.74) is 0.426. The molecule has 1 aromatic heterocycles. The number of carbonyl (C=O) groups excluding carboxylic acids is 1. The highest BCUT2D eigenvalue weighted by molar-refractivity contribution is 7.98. The van der Waals surface area contributed by atoms with E-state index in [4.69, 9.17) is 11.6 Å². The Balaban J connectivity index is 2.56. The van der Waals surface area contributed by atoms with E-state index >= 15 is 0 Å². The highest BCUT2D eigenvalue weighted by Gasteiger charge is 2.08. The first-order valence-electron chi connectivity index (χ1n) is 4.12. The van der Waals surface area contributed by atoms with E-state index in [1.807, 2.05) is 6.26 Å². The van der Waals surface area contributed by atoms with Gasteiger partial charge in [0.2, 0.25) is 0 Å². The van der Waals surface area contributed by atoms with Crippen LogP contribution in [-0.4, -0.2) is 29.4 Å². The van der Waals surface area contributed by atoms with E-state index in [2.05, 4.69) is 10.3 Å². The minimum absolute atomic E-state index is 0.169.